The fraction of sp³-hybridized carbons (Fsp3) is 0.409. The Morgan fingerprint density at radius 1 is 1.25 bits per heavy atom. The zero-order chi connectivity index (χ0) is 22.1. The quantitative estimate of drug-likeness (QED) is 0.642. The van der Waals surface area contributed by atoms with E-state index in [1.807, 2.05) is 12.1 Å². The summed E-state index contributed by atoms with van der Waals surface area (Å²) in [7, 11) is -3.74. The predicted molar refractivity (Wildman–Crippen MR) is 117 cm³/mol. The molecule has 0 saturated carbocycles. The minimum Gasteiger partial charge on any atom is -0.375 e. The van der Waals surface area contributed by atoms with Gasteiger partial charge in [0, 0.05) is 38.4 Å². The van der Waals surface area contributed by atoms with Gasteiger partial charge in [-0.3, -0.25) is 4.98 Å². The van der Waals surface area contributed by atoms with Crippen LogP contribution in [0.5, 0.6) is 0 Å². The van der Waals surface area contributed by atoms with Crippen LogP contribution in [0.4, 0.5) is 14.5 Å². The van der Waals surface area contributed by atoms with Gasteiger partial charge in [0.15, 0.2) is 0 Å². The lowest BCUT2D eigenvalue weighted by molar-refractivity contribution is 0.0257. The SMILES string of the molecule is O=S(=O)(c1ccc(N2CCC(F)(F)C2)c(-c2cc3ncccc3[nH]2)c1)N1CC2CC1CO2.[HH]. The van der Waals surface area contributed by atoms with Crippen molar-refractivity contribution in [1.82, 2.24) is 14.3 Å². The van der Waals surface area contributed by atoms with Crippen molar-refractivity contribution in [3.8, 4) is 11.3 Å². The molecule has 1 aromatic carbocycles. The number of morpholine rings is 1. The molecule has 3 fully saturated rings. The monoisotopic (exact) mass is 462 g/mol. The number of nitrogens with zero attached hydrogens (tertiary/aromatic N) is 3. The molecule has 3 aromatic rings. The smallest absolute Gasteiger partial charge is 0.266 e. The van der Waals surface area contributed by atoms with Crippen LogP contribution in [0.3, 0.4) is 0 Å². The number of fused-ring (bicyclic) bond motifs is 3. The van der Waals surface area contributed by atoms with E-state index in [9.17, 15) is 17.2 Å². The van der Waals surface area contributed by atoms with E-state index in [4.69, 9.17) is 4.74 Å². The van der Waals surface area contributed by atoms with Crippen LogP contribution in [0.2, 0.25) is 0 Å². The third kappa shape index (κ3) is 3.20. The van der Waals surface area contributed by atoms with Crippen LogP contribution in [0.1, 0.15) is 14.3 Å². The van der Waals surface area contributed by atoms with Crippen LogP contribution in [0.15, 0.2) is 47.5 Å². The van der Waals surface area contributed by atoms with Gasteiger partial charge in [0.2, 0.25) is 10.0 Å². The molecule has 3 aliphatic heterocycles. The number of aromatic amines is 1. The number of pyridine rings is 1. The Bertz CT molecular complexity index is 1280. The van der Waals surface area contributed by atoms with Crippen LogP contribution in [-0.2, 0) is 14.8 Å². The topological polar surface area (TPSA) is 78.5 Å². The molecule has 3 saturated heterocycles. The van der Waals surface area contributed by atoms with Gasteiger partial charge in [0.05, 0.1) is 46.9 Å². The predicted octanol–water partition coefficient (Wildman–Crippen LogP) is 3.48. The number of anilines is 1. The highest BCUT2D eigenvalue weighted by molar-refractivity contribution is 7.89. The number of hydrogen-bond donors (Lipinski definition) is 1. The van der Waals surface area contributed by atoms with Crippen molar-refractivity contribution >= 4 is 26.7 Å². The minimum atomic E-state index is -3.74. The van der Waals surface area contributed by atoms with E-state index in [-0.39, 0.29) is 31.4 Å². The third-order valence-corrected chi connectivity index (χ3v) is 8.53. The highest BCUT2D eigenvalue weighted by Crippen LogP contribution is 2.40. The van der Waals surface area contributed by atoms with Crippen LogP contribution in [0, 0.1) is 0 Å². The largest absolute Gasteiger partial charge is 0.375 e. The maximum absolute atomic E-state index is 14.0. The molecule has 2 unspecified atom stereocenters. The van der Waals surface area contributed by atoms with Gasteiger partial charge in [-0.25, -0.2) is 17.2 Å². The molecule has 10 heteroatoms. The lowest BCUT2D eigenvalue weighted by atomic mass is 10.1. The van der Waals surface area contributed by atoms with Gasteiger partial charge < -0.3 is 14.6 Å². The summed E-state index contributed by atoms with van der Waals surface area (Å²) < 4.78 is 61.9. The van der Waals surface area contributed by atoms with E-state index in [2.05, 4.69) is 9.97 Å². The Balaban J connectivity index is 0.00000228. The van der Waals surface area contributed by atoms with Gasteiger partial charge >= 0.3 is 0 Å². The first kappa shape index (κ1) is 20.1. The maximum atomic E-state index is 14.0. The van der Waals surface area contributed by atoms with Gasteiger partial charge in [0.1, 0.15) is 0 Å². The van der Waals surface area contributed by atoms with Gasteiger partial charge in [0.25, 0.3) is 5.92 Å². The molecule has 2 aromatic heterocycles. The van der Waals surface area contributed by atoms with Crippen molar-refractivity contribution in [2.45, 2.75) is 35.8 Å². The number of sulfonamides is 1. The Morgan fingerprint density at radius 3 is 2.81 bits per heavy atom. The van der Waals surface area contributed by atoms with Crippen molar-refractivity contribution < 1.29 is 23.4 Å². The summed E-state index contributed by atoms with van der Waals surface area (Å²) in [6.07, 6.45) is 2.10. The standard InChI is InChI=1S/C22H22F2N4O3S.H2/c23-22(24)5-7-27(13-22)21-4-3-16(32(29,30)28-11-15-8-14(28)12-31-15)9-17(21)19-10-20-18(26-19)2-1-6-25-20;/h1-4,6,9-10,14-15,26H,5,7-8,11-13H2;1H. The van der Waals surface area contributed by atoms with E-state index in [0.717, 1.165) is 11.0 Å². The fourth-order valence-corrected chi connectivity index (χ4v) is 6.68. The fourth-order valence-electron chi connectivity index (χ4n) is 5.00. The molecule has 3 aliphatic rings. The number of aromatic nitrogens is 2. The molecule has 0 radical (unpaired) electrons. The highest BCUT2D eigenvalue weighted by Gasteiger charge is 2.46. The molecule has 1 N–H and O–H groups in total. The normalized spacial score (nSPS) is 25.2. The zero-order valence-corrected chi connectivity index (χ0v) is 18.0. The van der Waals surface area contributed by atoms with Gasteiger partial charge in [-0.2, -0.15) is 4.31 Å². The first-order valence-electron chi connectivity index (χ1n) is 10.6. The number of ether oxygens (including phenoxy) is 1. The van der Waals surface area contributed by atoms with Crippen LogP contribution in [-0.4, -0.2) is 67.0 Å². The Morgan fingerprint density at radius 2 is 2.12 bits per heavy atom. The van der Waals surface area contributed by atoms with E-state index < -0.39 is 22.5 Å². The average Bonchev–Trinajstić information content (AvgIpc) is 3.56. The molecule has 2 atom stereocenters. The Kier molecular flexibility index (Phi) is 4.37. The van der Waals surface area contributed by atoms with E-state index in [1.54, 1.807) is 29.3 Å². The molecule has 32 heavy (non-hydrogen) atoms. The van der Waals surface area contributed by atoms with E-state index >= 15 is 0 Å². The molecule has 0 aliphatic carbocycles. The summed E-state index contributed by atoms with van der Waals surface area (Å²) in [5, 5.41) is 0. The molecular weight excluding hydrogens is 438 g/mol. The number of rotatable bonds is 4. The lowest BCUT2D eigenvalue weighted by Crippen LogP contribution is -2.41. The number of nitrogens with one attached hydrogen (secondary N) is 1. The zero-order valence-electron chi connectivity index (χ0n) is 17.2. The molecule has 0 amide bonds. The first-order valence-corrected chi connectivity index (χ1v) is 12.1. The summed E-state index contributed by atoms with van der Waals surface area (Å²) >= 11 is 0. The number of alkyl halides is 2. The molecule has 6 rings (SSSR count). The van der Waals surface area contributed by atoms with E-state index in [0.29, 0.717) is 36.5 Å². The second-order valence-corrected chi connectivity index (χ2v) is 10.6. The summed E-state index contributed by atoms with van der Waals surface area (Å²) in [5.41, 5.74) is 3.32. The Labute approximate surface area is 185 Å². The molecular formula is C22H24F2N4O3S. The van der Waals surface area contributed by atoms with Crippen molar-refractivity contribution in [2.24, 2.45) is 0 Å². The summed E-state index contributed by atoms with van der Waals surface area (Å²) in [6.45, 7) is 0.569. The summed E-state index contributed by atoms with van der Waals surface area (Å²) in [5.74, 6) is -2.77. The van der Waals surface area contributed by atoms with Crippen LogP contribution in [0.25, 0.3) is 22.3 Å². The number of benzene rings is 1. The third-order valence-electron chi connectivity index (χ3n) is 6.61. The van der Waals surface area contributed by atoms with Crippen molar-refractivity contribution in [3.05, 3.63) is 42.6 Å². The molecule has 0 spiro atoms. The van der Waals surface area contributed by atoms with Gasteiger partial charge in [-0.05, 0) is 42.8 Å². The second-order valence-electron chi connectivity index (χ2n) is 8.75. The number of halogens is 2. The number of hydrogen-bond acceptors (Lipinski definition) is 5. The van der Waals surface area contributed by atoms with E-state index in [1.165, 1.54) is 10.4 Å². The summed E-state index contributed by atoms with van der Waals surface area (Å²) in [6, 6.07) is 10.1. The molecule has 2 bridgehead atoms. The number of H-pyrrole nitrogens is 1. The lowest BCUT2D eigenvalue weighted by Gasteiger charge is -2.27. The van der Waals surface area contributed by atoms with Gasteiger partial charge in [-0.15, -0.1) is 0 Å². The minimum absolute atomic E-state index is 0. The van der Waals surface area contributed by atoms with Crippen LogP contribution >= 0.6 is 0 Å². The maximum Gasteiger partial charge on any atom is 0.266 e. The van der Waals surface area contributed by atoms with Crippen molar-refractivity contribution in [2.75, 3.05) is 31.1 Å². The highest BCUT2D eigenvalue weighted by atomic mass is 32.2. The molecule has 7 nitrogen and oxygen atoms in total. The Hall–Kier alpha value is -2.56. The average molecular weight is 463 g/mol. The van der Waals surface area contributed by atoms with Crippen molar-refractivity contribution in [3.63, 3.8) is 0 Å². The van der Waals surface area contributed by atoms with Crippen molar-refractivity contribution in [1.29, 1.82) is 0 Å². The molecule has 170 valence electrons. The molecule has 5 heterocycles. The second kappa shape index (κ2) is 6.97. The van der Waals surface area contributed by atoms with Gasteiger partial charge in [-0.1, -0.05) is 0 Å². The van der Waals surface area contributed by atoms with Crippen LogP contribution < -0.4 is 4.90 Å². The first-order chi connectivity index (χ1) is 15.3. The summed E-state index contributed by atoms with van der Waals surface area (Å²) in [4.78, 5) is 9.37.